The molecule has 12 aromatic rings. The molecule has 11 aliphatic rings. The lowest BCUT2D eigenvalue weighted by molar-refractivity contribution is -0.129. The molecular weight excluding hydrogens is 1790 g/mol. The van der Waals surface area contributed by atoms with Crippen molar-refractivity contribution >= 4 is 57.8 Å². The van der Waals surface area contributed by atoms with Crippen LogP contribution in [-0.2, 0) is 40.0 Å². The molecule has 8 aromatic heterocycles. The van der Waals surface area contributed by atoms with Crippen molar-refractivity contribution in [2.45, 2.75) is 162 Å². The lowest BCUT2D eigenvalue weighted by Crippen LogP contribution is -2.53. The maximum Gasteiger partial charge on any atom is 0.324 e. The minimum atomic E-state index is -0.727. The molecule has 33 nitrogen and oxygen atoms in total. The number of aromatic nitrogens is 12. The molecule has 37 heteroatoms. The number of pyridine rings is 4. The Morgan fingerprint density at radius 1 is 0.464 bits per heavy atom. The summed E-state index contributed by atoms with van der Waals surface area (Å²) in [4.78, 5) is 89.4. The summed E-state index contributed by atoms with van der Waals surface area (Å²) >= 11 is 0. The quantitative estimate of drug-likeness (QED) is 0.0282. The predicted octanol–water partition coefficient (Wildman–Crippen LogP) is 13.5. The Morgan fingerprint density at radius 3 is 1.19 bits per heavy atom. The maximum atomic E-state index is 14.8. The Hall–Kier alpha value is -14.1. The molecule has 23 rings (SSSR count). The third-order valence-corrected chi connectivity index (χ3v) is 29.0. The van der Waals surface area contributed by atoms with Crippen molar-refractivity contribution in [3.8, 4) is 91.5 Å². The first-order valence-electron chi connectivity index (χ1n) is 47.7. The zero-order chi connectivity index (χ0) is 97.8. The molecule has 0 radical (unpaired) electrons. The molecule has 12 heterocycles. The molecule has 6 unspecified atom stereocenters. The van der Waals surface area contributed by atoms with Crippen LogP contribution in [0.15, 0.2) is 122 Å². The molecule has 4 aliphatic heterocycles. The molecule has 14 N–H and O–H groups in total. The van der Waals surface area contributed by atoms with Crippen molar-refractivity contribution in [3.63, 3.8) is 0 Å². The molecule has 4 saturated heterocycles. The molecule has 726 valence electrons. The van der Waals surface area contributed by atoms with E-state index in [1.807, 2.05) is 97.2 Å². The Morgan fingerprint density at radius 2 is 0.850 bits per heavy atom. The molecule has 140 heavy (non-hydrogen) atoms. The van der Waals surface area contributed by atoms with Crippen LogP contribution in [0.25, 0.3) is 44.5 Å². The predicted molar refractivity (Wildman–Crippen MR) is 526 cm³/mol. The molecule has 7 aliphatic carbocycles. The molecular formula is C103H114F4N26O7. The summed E-state index contributed by atoms with van der Waals surface area (Å²) in [6, 6.07) is 27.0. The van der Waals surface area contributed by atoms with E-state index in [0.717, 1.165) is 193 Å². The van der Waals surface area contributed by atoms with Gasteiger partial charge in [0.15, 0.2) is 0 Å². The van der Waals surface area contributed by atoms with E-state index < -0.39 is 12.1 Å². The molecule has 7 fully saturated rings. The minimum Gasteiger partial charge on any atom is -0.423 e. The summed E-state index contributed by atoms with van der Waals surface area (Å²) in [6.07, 6.45) is 13.8. The van der Waals surface area contributed by atoms with E-state index in [4.69, 9.17) is 86.5 Å². The molecule has 11 atom stereocenters. The summed E-state index contributed by atoms with van der Waals surface area (Å²) in [5.41, 5.74) is 45.3. The van der Waals surface area contributed by atoms with Crippen LogP contribution >= 0.6 is 0 Å². The van der Waals surface area contributed by atoms with Gasteiger partial charge in [0.25, 0.3) is 0 Å². The average Bonchev–Trinajstić information content (AvgIpc) is 1.56. The Bertz CT molecular complexity index is 6830. The van der Waals surface area contributed by atoms with Gasteiger partial charge in [0.1, 0.15) is 75.6 Å². The number of nitrogens with one attached hydrogen (secondary N) is 6. The molecule has 1 spiro atoms. The highest BCUT2D eigenvalue weighted by Crippen LogP contribution is 2.58. The van der Waals surface area contributed by atoms with Crippen LogP contribution in [0.2, 0.25) is 0 Å². The summed E-state index contributed by atoms with van der Waals surface area (Å²) in [7, 11) is 7.17. The zero-order valence-corrected chi connectivity index (χ0v) is 80.2. The van der Waals surface area contributed by atoms with E-state index in [9.17, 15) is 27.2 Å². The second kappa shape index (κ2) is 37.5. The van der Waals surface area contributed by atoms with E-state index in [2.05, 4.69) is 78.4 Å². The number of ether oxygens (including phenoxy) is 5. The van der Waals surface area contributed by atoms with Crippen molar-refractivity contribution in [2.24, 2.45) is 45.6 Å². The standard InChI is InChI=1S/C30H35FN8O3.C25H27FN6O.C24H27FN6O2.C24H25FN6O/c1-15-5-6-19(12-34-15)42-29-36-23-11-20-21(9-18(31)10-22(20)33-4)25(23)26(38-29)39-13-24(30(14-39)7-8-30)37-28(41)17(3)35-27(40)16(2)32;1-13-4-5-15(10-29-13)33-24-30-21-8-16-17(6-14(26)7-20(16)28-3)22(21)23(31-24)32-11-18-19(27)9-25(18,2)12-32;1-4-32-21-12-31(11-18(21)26)23-22-17-7-14(25)8-19(27-3)16(17)9-20(22)29-24(30-23)33-15-6-5-13(2)28-10-15;1-12-3-4-15(10-28-12)32-24-29-20-9-16-17(7-14(25)8-19(16)27-2)22(20)23(30-24)31-11-13-5-18(26)21(31)6-13/h5-6,9-10,12,16-17,24,33H,7-8,11,13-14,32H2,1-4H3,(H,35,40)(H,37,41);4-7,10,18-19,28H,8-9,11-12,27H2,1-3H3;5-8,10,18,21,27H,4,9,11-12,26H2,1-3H3;3-4,7-8,10,13,18,21,27H,5-6,9,11,26H2,1-2H3/t16?,17-,24+;18?,19-,25-;18-,21?;/m010./s1. The van der Waals surface area contributed by atoms with Crippen LogP contribution in [0, 0.1) is 73.6 Å². The van der Waals surface area contributed by atoms with Gasteiger partial charge in [-0.1, -0.05) is 6.92 Å². The van der Waals surface area contributed by atoms with Gasteiger partial charge in [-0.2, -0.15) is 39.9 Å². The average molecular weight is 1900 g/mol. The Kier molecular flexibility index (Phi) is 25.1. The van der Waals surface area contributed by atoms with E-state index >= 15 is 0 Å². The molecule has 2 bridgehead atoms. The first-order valence-corrected chi connectivity index (χ1v) is 47.7. The number of nitrogens with two attached hydrogens (primary N) is 4. The smallest absolute Gasteiger partial charge is 0.324 e. The first-order chi connectivity index (χ1) is 67.4. The monoisotopic (exact) mass is 1900 g/mol. The number of benzene rings is 4. The minimum absolute atomic E-state index is 0.104. The first kappa shape index (κ1) is 93.5. The molecule has 4 aromatic carbocycles. The molecule has 3 saturated carbocycles. The number of nitrogens with zero attached hydrogens (tertiary/aromatic N) is 16. The number of hydrogen-bond acceptors (Lipinski definition) is 31. The van der Waals surface area contributed by atoms with Gasteiger partial charge in [0, 0.05) is 198 Å². The van der Waals surface area contributed by atoms with Crippen LogP contribution in [0.3, 0.4) is 0 Å². The van der Waals surface area contributed by atoms with Crippen LogP contribution in [0.4, 0.5) is 63.6 Å². The third kappa shape index (κ3) is 18.2. The number of halogens is 4. The van der Waals surface area contributed by atoms with Crippen molar-refractivity contribution in [1.82, 2.24) is 70.4 Å². The summed E-state index contributed by atoms with van der Waals surface area (Å²) in [6.45, 7) is 20.6. The molecule has 2 amide bonds. The van der Waals surface area contributed by atoms with Gasteiger partial charge in [-0.3, -0.25) is 29.5 Å². The number of hydrogen-bond donors (Lipinski definition) is 10. The van der Waals surface area contributed by atoms with Crippen LogP contribution in [0.1, 0.15) is 128 Å². The van der Waals surface area contributed by atoms with Crippen LogP contribution in [-0.4, -0.2) is 201 Å². The van der Waals surface area contributed by atoms with Gasteiger partial charge in [0.05, 0.1) is 71.8 Å². The number of piperidine rings is 1. The van der Waals surface area contributed by atoms with E-state index in [1.54, 1.807) is 70.9 Å². The lowest BCUT2D eigenvalue weighted by atomic mass is 9.60. The van der Waals surface area contributed by atoms with Gasteiger partial charge >= 0.3 is 24.0 Å². The number of rotatable bonds is 22. The normalized spacial score (nSPS) is 21.2. The summed E-state index contributed by atoms with van der Waals surface area (Å²) < 4.78 is 88.1. The van der Waals surface area contributed by atoms with Crippen LogP contribution in [0.5, 0.6) is 47.0 Å². The fourth-order valence-corrected chi connectivity index (χ4v) is 21.8. The van der Waals surface area contributed by atoms with Gasteiger partial charge in [-0.25, -0.2) is 17.6 Å². The van der Waals surface area contributed by atoms with Crippen molar-refractivity contribution < 1.29 is 50.8 Å². The summed E-state index contributed by atoms with van der Waals surface area (Å²) in [5, 5.41) is 18.3. The number of aryl methyl sites for hydroxylation is 4. The van der Waals surface area contributed by atoms with Crippen molar-refractivity contribution in [2.75, 3.05) is 121 Å². The van der Waals surface area contributed by atoms with Crippen LogP contribution < -0.4 is 93.4 Å². The number of amides is 2. The highest BCUT2D eigenvalue weighted by atomic mass is 19.1. The second-order valence-corrected chi connectivity index (χ2v) is 38.8. The largest absolute Gasteiger partial charge is 0.423 e. The van der Waals surface area contributed by atoms with Gasteiger partial charge < -0.3 is 98.1 Å². The zero-order valence-electron chi connectivity index (χ0n) is 80.2. The fourth-order valence-electron chi connectivity index (χ4n) is 21.8. The number of fused-ring (bicyclic) bond motifs is 15. The Labute approximate surface area is 808 Å². The third-order valence-electron chi connectivity index (χ3n) is 29.0. The highest BCUT2D eigenvalue weighted by molar-refractivity contribution is 5.94. The Balaban J connectivity index is 0.000000115. The highest BCUT2D eigenvalue weighted by Gasteiger charge is 2.58. The summed E-state index contributed by atoms with van der Waals surface area (Å²) in [5.74, 6) is 4.25. The van der Waals surface area contributed by atoms with Gasteiger partial charge in [-0.05, 0) is 239 Å². The number of carbonyl (C=O) groups excluding carboxylic acids is 2. The van der Waals surface area contributed by atoms with Gasteiger partial charge in [-0.15, -0.1) is 0 Å². The second-order valence-electron chi connectivity index (χ2n) is 38.8. The SMILES string of the molecule is CCOC1CN(c2nc(Oc3ccc(C)nc3)nc3c2-c2cc(F)cc(NC)c2C3)C[C@@H]1N.CNc1cc(F)cc2c1Cc1nc(Oc3ccc(C)nc3)nc(N3CC4CC(N)C3C4)c1-2.CNc1cc(F)cc2c1Cc1nc(Oc3ccc(C)nc3)nc(N3CC4[C@H](N)C[C@]4(C)C3)c1-2.CNc1cc(F)cc2c1Cc1nc(Oc3ccc(C)nc3)nc(N3C[C@@H](NC(=O)[C@H](C)NC(=O)C(C)N)C4(CC4)C3)c1-2. The topological polar surface area (TPSA) is 424 Å². The fraction of sp³-hybridized carbons (Fsp3) is 0.398. The van der Waals surface area contributed by atoms with E-state index in [-0.39, 0.29) is 106 Å². The maximum absolute atomic E-state index is 14.8. The van der Waals surface area contributed by atoms with E-state index in [0.29, 0.717) is 111 Å². The van der Waals surface area contributed by atoms with Gasteiger partial charge in [0.2, 0.25) is 11.8 Å². The number of anilines is 8. The lowest BCUT2D eigenvalue weighted by Gasteiger charge is -2.46. The van der Waals surface area contributed by atoms with Crippen molar-refractivity contribution in [3.05, 3.63) is 213 Å². The number of carbonyl (C=O) groups is 2. The van der Waals surface area contributed by atoms with Crippen molar-refractivity contribution in [1.29, 1.82) is 0 Å². The van der Waals surface area contributed by atoms with E-state index in [1.165, 1.54) is 30.3 Å².